The first-order valence-corrected chi connectivity index (χ1v) is 5.48. The first-order chi connectivity index (χ1) is 7.31. The molecule has 0 amide bonds. The number of nitrogens with zero attached hydrogens (tertiary/aromatic N) is 1. The molecule has 1 fully saturated rings. The van der Waals surface area contributed by atoms with Gasteiger partial charge >= 0.3 is 0 Å². The van der Waals surface area contributed by atoms with Crippen LogP contribution in [0.15, 0.2) is 18.3 Å². The molecule has 1 aromatic heterocycles. The lowest BCUT2D eigenvalue weighted by atomic mass is 10.2. The lowest BCUT2D eigenvalue weighted by molar-refractivity contribution is 0.179. The molecule has 0 spiro atoms. The van der Waals surface area contributed by atoms with E-state index in [9.17, 15) is 0 Å². The highest BCUT2D eigenvalue weighted by Gasteiger charge is 2.31. The van der Waals surface area contributed by atoms with Crippen molar-refractivity contribution in [3.05, 3.63) is 23.9 Å². The molecule has 0 bridgehead atoms. The number of nitrogens with one attached hydrogen (secondary N) is 1. The highest BCUT2D eigenvalue weighted by Crippen LogP contribution is 2.34. The molecule has 1 saturated carbocycles. The minimum Gasteiger partial charge on any atom is -0.383 e. The molecule has 0 radical (unpaired) electrons. The predicted molar refractivity (Wildman–Crippen MR) is 61.0 cm³/mol. The van der Waals surface area contributed by atoms with Crippen molar-refractivity contribution in [2.24, 2.45) is 5.92 Å². The summed E-state index contributed by atoms with van der Waals surface area (Å²) in [6.07, 6.45) is 4.45. The van der Waals surface area contributed by atoms with Crippen LogP contribution in [0.2, 0.25) is 0 Å². The summed E-state index contributed by atoms with van der Waals surface area (Å²) in [5.41, 5.74) is 1.19. The third kappa shape index (κ3) is 2.69. The van der Waals surface area contributed by atoms with Crippen LogP contribution in [-0.4, -0.2) is 24.7 Å². The van der Waals surface area contributed by atoms with Crippen molar-refractivity contribution in [3.63, 3.8) is 0 Å². The number of ether oxygens (including phenoxy) is 1. The highest BCUT2D eigenvalue weighted by molar-refractivity contribution is 5.43. The fraction of sp³-hybridized carbons (Fsp3) is 0.583. The molecule has 0 aliphatic heterocycles. The van der Waals surface area contributed by atoms with Crippen LogP contribution in [-0.2, 0) is 4.74 Å². The van der Waals surface area contributed by atoms with Gasteiger partial charge in [0.25, 0.3) is 0 Å². The van der Waals surface area contributed by atoms with E-state index in [-0.39, 0.29) is 0 Å². The molecule has 82 valence electrons. The molecule has 1 atom stereocenters. The molecule has 1 aliphatic carbocycles. The van der Waals surface area contributed by atoms with Crippen LogP contribution in [0.5, 0.6) is 0 Å². The van der Waals surface area contributed by atoms with Crippen molar-refractivity contribution in [1.29, 1.82) is 0 Å². The quantitative estimate of drug-likeness (QED) is 0.802. The summed E-state index contributed by atoms with van der Waals surface area (Å²) in [7, 11) is 1.75. The Hall–Kier alpha value is -1.09. The Morgan fingerprint density at radius 3 is 3.00 bits per heavy atom. The van der Waals surface area contributed by atoms with E-state index in [1.807, 2.05) is 12.3 Å². The van der Waals surface area contributed by atoms with E-state index in [2.05, 4.69) is 23.3 Å². The van der Waals surface area contributed by atoms with Gasteiger partial charge in [0.15, 0.2) is 0 Å². The molecule has 15 heavy (non-hydrogen) atoms. The Morgan fingerprint density at radius 1 is 1.60 bits per heavy atom. The number of methoxy groups -OCH3 is 1. The Kier molecular flexibility index (Phi) is 3.21. The van der Waals surface area contributed by atoms with Gasteiger partial charge in [-0.3, -0.25) is 0 Å². The number of pyridine rings is 1. The standard InChI is InChI=1S/C12H18N2O/c1-9-4-3-7-13-12(9)14-11(8-15-2)10-5-6-10/h3-4,7,10-11H,5-6,8H2,1-2H3,(H,13,14). The maximum atomic E-state index is 5.23. The lowest BCUT2D eigenvalue weighted by Crippen LogP contribution is -2.27. The van der Waals surface area contributed by atoms with Gasteiger partial charge in [0.1, 0.15) is 5.82 Å². The number of rotatable bonds is 5. The van der Waals surface area contributed by atoms with Crippen LogP contribution >= 0.6 is 0 Å². The van der Waals surface area contributed by atoms with Gasteiger partial charge in [-0.15, -0.1) is 0 Å². The van der Waals surface area contributed by atoms with Crippen molar-refractivity contribution in [2.75, 3.05) is 19.0 Å². The van der Waals surface area contributed by atoms with Crippen LogP contribution in [0, 0.1) is 12.8 Å². The summed E-state index contributed by atoms with van der Waals surface area (Å²) < 4.78 is 5.23. The monoisotopic (exact) mass is 206 g/mol. The average molecular weight is 206 g/mol. The third-order valence-electron chi connectivity index (χ3n) is 2.87. The van der Waals surface area contributed by atoms with E-state index in [4.69, 9.17) is 4.74 Å². The Morgan fingerprint density at radius 2 is 2.40 bits per heavy atom. The van der Waals surface area contributed by atoms with Crippen LogP contribution in [0.3, 0.4) is 0 Å². The van der Waals surface area contributed by atoms with Crippen molar-refractivity contribution < 1.29 is 4.74 Å². The smallest absolute Gasteiger partial charge is 0.129 e. The topological polar surface area (TPSA) is 34.1 Å². The zero-order valence-corrected chi connectivity index (χ0v) is 9.36. The van der Waals surface area contributed by atoms with Crippen molar-refractivity contribution in [1.82, 2.24) is 4.98 Å². The Labute approximate surface area is 90.9 Å². The van der Waals surface area contributed by atoms with E-state index < -0.39 is 0 Å². The molecule has 3 nitrogen and oxygen atoms in total. The van der Waals surface area contributed by atoms with E-state index in [1.54, 1.807) is 7.11 Å². The van der Waals surface area contributed by atoms with Crippen molar-refractivity contribution >= 4 is 5.82 Å². The molecule has 2 rings (SSSR count). The SMILES string of the molecule is COCC(Nc1ncccc1C)C1CC1. The summed E-state index contributed by atoms with van der Waals surface area (Å²) in [6, 6.07) is 4.46. The Bertz CT molecular complexity index is 323. The molecule has 0 saturated heterocycles. The second kappa shape index (κ2) is 4.62. The van der Waals surface area contributed by atoms with Gasteiger partial charge in [0, 0.05) is 13.3 Å². The molecule has 1 N–H and O–H groups in total. The van der Waals surface area contributed by atoms with Crippen molar-refractivity contribution in [3.8, 4) is 0 Å². The van der Waals surface area contributed by atoms with Crippen LogP contribution in [0.4, 0.5) is 5.82 Å². The van der Waals surface area contributed by atoms with E-state index in [0.717, 1.165) is 18.3 Å². The Balaban J connectivity index is 2.02. The molecule has 1 unspecified atom stereocenters. The third-order valence-corrected chi connectivity index (χ3v) is 2.87. The molecule has 1 heterocycles. The summed E-state index contributed by atoms with van der Waals surface area (Å²) in [4.78, 5) is 4.34. The minimum absolute atomic E-state index is 0.420. The van der Waals surface area contributed by atoms with Gasteiger partial charge in [-0.25, -0.2) is 4.98 Å². The molecule has 3 heteroatoms. The largest absolute Gasteiger partial charge is 0.383 e. The summed E-state index contributed by atoms with van der Waals surface area (Å²) in [5.74, 6) is 1.76. The first kappa shape index (κ1) is 10.4. The van der Waals surface area contributed by atoms with Gasteiger partial charge in [-0.05, 0) is 37.3 Å². The van der Waals surface area contributed by atoms with E-state index >= 15 is 0 Å². The number of hydrogen-bond donors (Lipinski definition) is 1. The summed E-state index contributed by atoms with van der Waals surface area (Å²) in [6.45, 7) is 2.84. The second-order valence-electron chi connectivity index (χ2n) is 4.21. The highest BCUT2D eigenvalue weighted by atomic mass is 16.5. The maximum absolute atomic E-state index is 5.23. The van der Waals surface area contributed by atoms with E-state index in [1.165, 1.54) is 18.4 Å². The molecule has 1 aromatic rings. The normalized spacial score (nSPS) is 17.5. The summed E-state index contributed by atoms with van der Waals surface area (Å²) in [5, 5.41) is 3.47. The molecular weight excluding hydrogens is 188 g/mol. The van der Waals surface area contributed by atoms with Gasteiger partial charge in [-0.1, -0.05) is 6.07 Å². The zero-order valence-electron chi connectivity index (χ0n) is 9.36. The van der Waals surface area contributed by atoms with Gasteiger partial charge in [0.2, 0.25) is 0 Å². The number of aromatic nitrogens is 1. The number of anilines is 1. The average Bonchev–Trinajstić information content (AvgIpc) is 3.04. The molecule has 1 aliphatic rings. The van der Waals surface area contributed by atoms with Crippen LogP contribution in [0.1, 0.15) is 18.4 Å². The zero-order chi connectivity index (χ0) is 10.7. The van der Waals surface area contributed by atoms with Gasteiger partial charge < -0.3 is 10.1 Å². The van der Waals surface area contributed by atoms with E-state index in [0.29, 0.717) is 6.04 Å². The fourth-order valence-electron chi connectivity index (χ4n) is 1.79. The summed E-state index contributed by atoms with van der Waals surface area (Å²) >= 11 is 0. The molecular formula is C12H18N2O. The second-order valence-corrected chi connectivity index (χ2v) is 4.21. The lowest BCUT2D eigenvalue weighted by Gasteiger charge is -2.18. The van der Waals surface area contributed by atoms with Crippen molar-refractivity contribution in [2.45, 2.75) is 25.8 Å². The maximum Gasteiger partial charge on any atom is 0.129 e. The minimum atomic E-state index is 0.420. The van der Waals surface area contributed by atoms with Crippen LogP contribution in [0.25, 0.3) is 0 Å². The molecule has 0 aromatic carbocycles. The fourth-order valence-corrected chi connectivity index (χ4v) is 1.79. The predicted octanol–water partition coefficient (Wildman–Crippen LogP) is 2.23. The first-order valence-electron chi connectivity index (χ1n) is 5.48. The van der Waals surface area contributed by atoms with Gasteiger partial charge in [0.05, 0.1) is 12.6 Å². The number of aryl methyl sites for hydroxylation is 1. The van der Waals surface area contributed by atoms with Gasteiger partial charge in [-0.2, -0.15) is 0 Å². The number of hydrogen-bond acceptors (Lipinski definition) is 3. The van der Waals surface area contributed by atoms with Crippen LogP contribution < -0.4 is 5.32 Å².